The molecule has 0 aliphatic carbocycles. The fraction of sp³-hybridized carbons (Fsp3) is 0.0200. The van der Waals surface area contributed by atoms with Crippen molar-refractivity contribution in [2.75, 3.05) is 0 Å². The van der Waals surface area contributed by atoms with Gasteiger partial charge in [0.1, 0.15) is 22.3 Å². The van der Waals surface area contributed by atoms with Gasteiger partial charge in [0, 0.05) is 32.7 Å². The molecule has 0 fully saturated rings. The van der Waals surface area contributed by atoms with Crippen molar-refractivity contribution in [2.45, 2.75) is 6.54 Å². The van der Waals surface area contributed by atoms with Gasteiger partial charge >= 0.3 is 0 Å². The molecule has 0 spiro atoms. The Morgan fingerprint density at radius 3 is 1.85 bits per heavy atom. The lowest BCUT2D eigenvalue weighted by Gasteiger charge is -2.11. The van der Waals surface area contributed by atoms with Gasteiger partial charge in [-0.3, -0.25) is 4.99 Å². The van der Waals surface area contributed by atoms with Crippen molar-refractivity contribution in [2.24, 2.45) is 15.0 Å². The molecule has 0 radical (unpaired) electrons. The van der Waals surface area contributed by atoms with Crippen molar-refractivity contribution in [3.63, 3.8) is 0 Å². The lowest BCUT2D eigenvalue weighted by molar-refractivity contribution is 0.668. The maximum absolute atomic E-state index is 6.62. The van der Waals surface area contributed by atoms with E-state index in [9.17, 15) is 0 Å². The van der Waals surface area contributed by atoms with Gasteiger partial charge in [-0.05, 0) is 69.6 Å². The van der Waals surface area contributed by atoms with Crippen LogP contribution in [0.15, 0.2) is 200 Å². The molecule has 10 rings (SSSR count). The monoisotopic (exact) mass is 707 g/mol. The minimum atomic E-state index is 0.434. The van der Waals surface area contributed by atoms with Crippen molar-refractivity contribution >= 4 is 73.0 Å². The number of nitrogens with zero attached hydrogens (tertiary/aromatic N) is 3. The Labute approximate surface area is 317 Å². The van der Waals surface area contributed by atoms with Crippen LogP contribution in [0.4, 0.5) is 0 Å². The Bertz CT molecular complexity index is 3120. The number of furan rings is 2. The molecule has 2 heterocycles. The first kappa shape index (κ1) is 32.3. The van der Waals surface area contributed by atoms with Gasteiger partial charge in [0.25, 0.3) is 0 Å². The molecule has 0 saturated carbocycles. The van der Waals surface area contributed by atoms with E-state index < -0.39 is 0 Å². The van der Waals surface area contributed by atoms with E-state index in [4.69, 9.17) is 18.8 Å². The Hall–Kier alpha value is -7.37. The van der Waals surface area contributed by atoms with Crippen molar-refractivity contribution in [1.82, 2.24) is 0 Å². The number of para-hydroxylation sites is 1. The number of hydrogen-bond acceptors (Lipinski definition) is 3. The smallest absolute Gasteiger partial charge is 0.161 e. The third-order valence-corrected chi connectivity index (χ3v) is 10.3. The molecule has 8 aromatic carbocycles. The molecule has 0 unspecified atom stereocenters. The highest BCUT2D eigenvalue weighted by Gasteiger charge is 2.22. The van der Waals surface area contributed by atoms with Crippen molar-refractivity contribution in [3.05, 3.63) is 193 Å². The molecule has 0 bridgehead atoms. The second kappa shape index (κ2) is 13.6. The lowest BCUT2D eigenvalue weighted by Crippen LogP contribution is -2.06. The molecule has 5 nitrogen and oxygen atoms in total. The first-order chi connectivity index (χ1) is 27.2. The molecule has 0 aliphatic rings. The summed E-state index contributed by atoms with van der Waals surface area (Å²) in [5, 5.41) is 6.41. The molecular formula is C50H33N3O2. The lowest BCUT2D eigenvalue weighted by atomic mass is 9.91. The molecule has 5 heteroatoms. The molecule has 2 aromatic heterocycles. The zero-order valence-corrected chi connectivity index (χ0v) is 29.8. The summed E-state index contributed by atoms with van der Waals surface area (Å²) in [7, 11) is 0. The van der Waals surface area contributed by atoms with Crippen LogP contribution in [-0.4, -0.2) is 18.4 Å². The number of aliphatic imine (C=N–C) groups is 3. The molecular weight excluding hydrogens is 675 g/mol. The second-order valence-electron chi connectivity index (χ2n) is 13.6. The van der Waals surface area contributed by atoms with Gasteiger partial charge in [-0.1, -0.05) is 152 Å². The highest BCUT2D eigenvalue weighted by atomic mass is 16.3. The fourth-order valence-corrected chi connectivity index (χ4v) is 7.75. The van der Waals surface area contributed by atoms with Gasteiger partial charge in [0.05, 0.1) is 6.54 Å². The Morgan fingerprint density at radius 2 is 1.07 bits per heavy atom. The van der Waals surface area contributed by atoms with Crippen LogP contribution in [0, 0.1) is 0 Å². The fourth-order valence-electron chi connectivity index (χ4n) is 7.75. The predicted octanol–water partition coefficient (Wildman–Crippen LogP) is 13.1. The van der Waals surface area contributed by atoms with Gasteiger partial charge in [-0.25, -0.2) is 9.98 Å². The molecule has 0 N–H and O–H groups in total. The van der Waals surface area contributed by atoms with Crippen molar-refractivity contribution in [3.8, 4) is 22.3 Å². The van der Waals surface area contributed by atoms with E-state index in [0.29, 0.717) is 18.2 Å². The number of benzene rings is 8. The molecule has 10 aromatic rings. The summed E-state index contributed by atoms with van der Waals surface area (Å²) < 4.78 is 13.1. The quantitative estimate of drug-likeness (QED) is 0.128. The van der Waals surface area contributed by atoms with Crippen LogP contribution >= 0.6 is 0 Å². The largest absolute Gasteiger partial charge is 0.456 e. The number of rotatable bonds is 6. The average molecular weight is 708 g/mol. The minimum Gasteiger partial charge on any atom is -0.456 e. The minimum absolute atomic E-state index is 0.434. The molecule has 0 amide bonds. The van der Waals surface area contributed by atoms with Crippen LogP contribution in [0.1, 0.15) is 16.7 Å². The zero-order valence-electron chi connectivity index (χ0n) is 29.8. The Balaban J connectivity index is 1.19. The standard InChI is InChI=1S/C50H33N3O2/c1-51-49(35-28-26-34(27-29-35)33-16-6-3-7-17-33)53-50(52-31-32-14-4-2-5-15-32)40-22-13-25-44-48(40)47-38(21-12-24-43(47)55-44)41-30-45-46(37-19-9-8-18-36(37)41)39-20-10-11-23-42(39)54-45/h2-30H,1,31H2. The highest BCUT2D eigenvalue weighted by molar-refractivity contribution is 6.27. The highest BCUT2D eigenvalue weighted by Crippen LogP contribution is 2.44. The SMILES string of the molecule is C=NC(=NC(=NCc1ccccc1)c1cccc2oc3cccc(-c4cc5oc6ccccc6c5c5ccccc45)c3c12)c1ccc(-c2ccccc2)cc1. The van der Waals surface area contributed by atoms with Crippen molar-refractivity contribution in [1.29, 1.82) is 0 Å². The third kappa shape index (κ3) is 5.70. The van der Waals surface area contributed by atoms with Crippen LogP contribution < -0.4 is 0 Å². The number of amidine groups is 2. The zero-order chi connectivity index (χ0) is 36.7. The topological polar surface area (TPSA) is 63.4 Å². The predicted molar refractivity (Wildman–Crippen MR) is 229 cm³/mol. The number of fused-ring (bicyclic) bond motifs is 8. The van der Waals surface area contributed by atoms with Gasteiger partial charge in [-0.2, -0.15) is 0 Å². The van der Waals surface area contributed by atoms with Crippen LogP contribution in [0.25, 0.3) is 76.9 Å². The van der Waals surface area contributed by atoms with Gasteiger partial charge in [0.2, 0.25) is 0 Å². The summed E-state index contributed by atoms with van der Waals surface area (Å²) in [6.45, 7) is 4.38. The van der Waals surface area contributed by atoms with Crippen LogP contribution in [0.3, 0.4) is 0 Å². The number of hydrogen-bond donors (Lipinski definition) is 0. The summed E-state index contributed by atoms with van der Waals surface area (Å²) in [4.78, 5) is 14.8. The first-order valence-electron chi connectivity index (χ1n) is 18.3. The molecule has 0 aliphatic heterocycles. The maximum Gasteiger partial charge on any atom is 0.161 e. The summed E-state index contributed by atoms with van der Waals surface area (Å²) in [6.07, 6.45) is 0. The second-order valence-corrected chi connectivity index (χ2v) is 13.6. The van der Waals surface area contributed by atoms with E-state index in [1.807, 2.05) is 78.9 Å². The summed E-state index contributed by atoms with van der Waals surface area (Å²) in [5.41, 5.74) is 10.3. The third-order valence-electron chi connectivity index (χ3n) is 10.3. The normalized spacial score (nSPS) is 12.4. The molecule has 260 valence electrons. The van der Waals surface area contributed by atoms with Gasteiger partial charge in [-0.15, -0.1) is 0 Å². The molecule has 0 saturated heterocycles. The first-order valence-corrected chi connectivity index (χ1v) is 18.3. The Morgan fingerprint density at radius 1 is 0.455 bits per heavy atom. The summed E-state index contributed by atoms with van der Waals surface area (Å²) in [5.74, 6) is 1.02. The Kier molecular flexibility index (Phi) is 7.96. The van der Waals surface area contributed by atoms with Crippen molar-refractivity contribution < 1.29 is 8.83 Å². The van der Waals surface area contributed by atoms with Crippen LogP contribution in [0.5, 0.6) is 0 Å². The van der Waals surface area contributed by atoms with E-state index in [2.05, 4.69) is 109 Å². The van der Waals surface area contributed by atoms with E-state index in [0.717, 1.165) is 93.6 Å². The molecule has 55 heavy (non-hydrogen) atoms. The van der Waals surface area contributed by atoms with E-state index >= 15 is 0 Å². The van der Waals surface area contributed by atoms with E-state index in [-0.39, 0.29) is 0 Å². The van der Waals surface area contributed by atoms with E-state index in [1.165, 1.54) is 0 Å². The summed E-state index contributed by atoms with van der Waals surface area (Å²) in [6, 6.07) is 60.1. The average Bonchev–Trinajstić information content (AvgIpc) is 3.83. The van der Waals surface area contributed by atoms with Crippen LogP contribution in [-0.2, 0) is 6.54 Å². The van der Waals surface area contributed by atoms with E-state index in [1.54, 1.807) is 0 Å². The van der Waals surface area contributed by atoms with Gasteiger partial charge in [0.15, 0.2) is 11.7 Å². The van der Waals surface area contributed by atoms with Crippen LogP contribution in [0.2, 0.25) is 0 Å². The molecule has 0 atom stereocenters. The maximum atomic E-state index is 6.62. The summed E-state index contributed by atoms with van der Waals surface area (Å²) >= 11 is 0. The van der Waals surface area contributed by atoms with Gasteiger partial charge < -0.3 is 8.83 Å².